The van der Waals surface area contributed by atoms with Crippen molar-refractivity contribution in [2.45, 2.75) is 20.3 Å². The summed E-state index contributed by atoms with van der Waals surface area (Å²) >= 11 is 0. The molecule has 5 nitrogen and oxygen atoms in total. The Morgan fingerprint density at radius 2 is 2.26 bits per heavy atom. The fourth-order valence-corrected chi connectivity index (χ4v) is 1.56. The third-order valence-corrected chi connectivity index (χ3v) is 2.54. The molecule has 1 N–H and O–H groups in total. The van der Waals surface area contributed by atoms with Gasteiger partial charge in [-0.1, -0.05) is 19.6 Å². The summed E-state index contributed by atoms with van der Waals surface area (Å²) in [4.78, 5) is 10.5. The van der Waals surface area contributed by atoms with Crippen LogP contribution in [-0.2, 0) is 0 Å². The first kappa shape index (κ1) is 15.2. The van der Waals surface area contributed by atoms with Crippen LogP contribution in [0, 0.1) is 17.0 Å². The van der Waals surface area contributed by atoms with Crippen LogP contribution in [0.1, 0.15) is 18.9 Å². The van der Waals surface area contributed by atoms with Gasteiger partial charge in [0.25, 0.3) is 0 Å². The second kappa shape index (κ2) is 7.53. The molecule has 0 saturated heterocycles. The van der Waals surface area contributed by atoms with Gasteiger partial charge in [0, 0.05) is 12.6 Å². The molecule has 0 aliphatic rings. The fraction of sp³-hybridized carbons (Fsp3) is 0.429. The molecule has 0 fully saturated rings. The summed E-state index contributed by atoms with van der Waals surface area (Å²) < 4.78 is 5.46. The lowest BCUT2D eigenvalue weighted by atomic mass is 10.2. The summed E-state index contributed by atoms with van der Waals surface area (Å²) in [7, 11) is 0. The van der Waals surface area contributed by atoms with E-state index in [1.807, 2.05) is 6.92 Å². The summed E-state index contributed by atoms with van der Waals surface area (Å²) in [5, 5.41) is 14.1. The summed E-state index contributed by atoms with van der Waals surface area (Å²) in [5.74, 6) is 0.284. The molecule has 0 bridgehead atoms. The number of nitrogens with zero attached hydrogens (tertiary/aromatic N) is 1. The lowest BCUT2D eigenvalue weighted by Crippen LogP contribution is -2.20. The maximum absolute atomic E-state index is 10.9. The third kappa shape index (κ3) is 5.09. The van der Waals surface area contributed by atoms with E-state index in [1.165, 1.54) is 6.07 Å². The summed E-state index contributed by atoms with van der Waals surface area (Å²) in [6.07, 6.45) is 1.05. The maximum Gasteiger partial charge on any atom is 0.311 e. The highest BCUT2D eigenvalue weighted by Gasteiger charge is 2.15. The van der Waals surface area contributed by atoms with E-state index in [0.717, 1.165) is 24.1 Å². The monoisotopic (exact) mass is 264 g/mol. The molecule has 104 valence electrons. The Kier molecular flexibility index (Phi) is 6.02. The Morgan fingerprint density at radius 3 is 2.89 bits per heavy atom. The van der Waals surface area contributed by atoms with Crippen molar-refractivity contribution >= 4 is 5.69 Å². The molecule has 0 radical (unpaired) electrons. The van der Waals surface area contributed by atoms with Gasteiger partial charge in [-0.15, -0.1) is 0 Å². The van der Waals surface area contributed by atoms with Gasteiger partial charge >= 0.3 is 5.69 Å². The van der Waals surface area contributed by atoms with Crippen LogP contribution >= 0.6 is 0 Å². The Hall–Kier alpha value is -1.88. The largest absolute Gasteiger partial charge is 0.482 e. The number of benzene rings is 1. The van der Waals surface area contributed by atoms with Crippen LogP contribution in [0.4, 0.5) is 5.69 Å². The highest BCUT2D eigenvalue weighted by Crippen LogP contribution is 2.27. The normalized spacial score (nSPS) is 10.2. The molecule has 1 aromatic rings. The van der Waals surface area contributed by atoms with Crippen LogP contribution in [0.15, 0.2) is 30.4 Å². The van der Waals surface area contributed by atoms with Crippen molar-refractivity contribution in [2.24, 2.45) is 0 Å². The minimum Gasteiger partial charge on any atom is -0.482 e. The Labute approximate surface area is 113 Å². The van der Waals surface area contributed by atoms with Gasteiger partial charge in [0.15, 0.2) is 5.75 Å². The number of ether oxygens (including phenoxy) is 1. The van der Waals surface area contributed by atoms with E-state index < -0.39 is 4.92 Å². The zero-order valence-corrected chi connectivity index (χ0v) is 11.4. The molecule has 1 aromatic carbocycles. The van der Waals surface area contributed by atoms with E-state index in [1.54, 1.807) is 12.1 Å². The van der Waals surface area contributed by atoms with Crippen LogP contribution in [0.25, 0.3) is 0 Å². The van der Waals surface area contributed by atoms with Crippen LogP contribution in [-0.4, -0.2) is 24.6 Å². The van der Waals surface area contributed by atoms with Crippen LogP contribution in [0.5, 0.6) is 5.75 Å². The molecule has 0 aromatic heterocycles. The number of nitro benzene ring substituents is 1. The number of rotatable bonds is 8. The van der Waals surface area contributed by atoms with E-state index in [0.29, 0.717) is 6.54 Å². The Morgan fingerprint density at radius 1 is 1.53 bits per heavy atom. The topological polar surface area (TPSA) is 64.4 Å². The minimum absolute atomic E-state index is 0.00526. The molecular formula is C14H20N2O3. The first-order chi connectivity index (χ1) is 9.04. The highest BCUT2D eigenvalue weighted by molar-refractivity contribution is 5.48. The highest BCUT2D eigenvalue weighted by atomic mass is 16.6. The second-order valence-corrected chi connectivity index (χ2v) is 4.44. The average molecular weight is 264 g/mol. The van der Waals surface area contributed by atoms with Crippen molar-refractivity contribution in [3.8, 4) is 5.75 Å². The molecule has 0 aliphatic carbocycles. The van der Waals surface area contributed by atoms with Gasteiger partial charge in [-0.3, -0.25) is 10.1 Å². The summed E-state index contributed by atoms with van der Waals surface area (Å²) in [6.45, 7) is 9.63. The lowest BCUT2D eigenvalue weighted by Gasteiger charge is -2.10. The third-order valence-electron chi connectivity index (χ3n) is 2.54. The molecule has 0 unspecified atom stereocenters. The SMILES string of the molecule is C=C(CNCCC)COc1ccc(C)cc1[N+](=O)[O-]. The van der Waals surface area contributed by atoms with Crippen molar-refractivity contribution in [1.29, 1.82) is 0 Å². The van der Waals surface area contributed by atoms with Crippen LogP contribution < -0.4 is 10.1 Å². The van der Waals surface area contributed by atoms with Crippen molar-refractivity contribution in [3.05, 3.63) is 46.0 Å². The molecule has 0 amide bonds. The van der Waals surface area contributed by atoms with E-state index >= 15 is 0 Å². The molecular weight excluding hydrogens is 244 g/mol. The standard InChI is InChI=1S/C14H20N2O3/c1-4-7-15-9-12(3)10-19-14-6-5-11(2)8-13(14)16(17)18/h5-6,8,15H,3-4,7,9-10H2,1-2H3. The molecule has 1 rings (SSSR count). The number of hydrogen-bond donors (Lipinski definition) is 1. The molecule has 0 heterocycles. The van der Waals surface area contributed by atoms with Crippen LogP contribution in [0.3, 0.4) is 0 Å². The fourth-order valence-electron chi connectivity index (χ4n) is 1.56. The molecule has 0 aliphatic heterocycles. The molecule has 5 heteroatoms. The van der Waals surface area contributed by atoms with E-state index in [9.17, 15) is 10.1 Å². The number of hydrogen-bond acceptors (Lipinski definition) is 4. The Balaban J connectivity index is 2.57. The minimum atomic E-state index is -0.430. The predicted molar refractivity (Wildman–Crippen MR) is 75.6 cm³/mol. The molecule has 0 atom stereocenters. The van der Waals surface area contributed by atoms with Gasteiger partial charge in [0.1, 0.15) is 6.61 Å². The summed E-state index contributed by atoms with van der Waals surface area (Å²) in [6, 6.07) is 4.92. The quantitative estimate of drug-likeness (QED) is 0.339. The average Bonchev–Trinajstić information content (AvgIpc) is 2.37. The second-order valence-electron chi connectivity index (χ2n) is 4.44. The van der Waals surface area contributed by atoms with Gasteiger partial charge < -0.3 is 10.1 Å². The zero-order valence-electron chi connectivity index (χ0n) is 11.4. The van der Waals surface area contributed by atoms with Crippen LogP contribution in [0.2, 0.25) is 0 Å². The van der Waals surface area contributed by atoms with E-state index in [-0.39, 0.29) is 18.0 Å². The van der Waals surface area contributed by atoms with Gasteiger partial charge in [-0.25, -0.2) is 0 Å². The van der Waals surface area contributed by atoms with Crippen molar-refractivity contribution in [3.63, 3.8) is 0 Å². The number of nitrogens with one attached hydrogen (secondary N) is 1. The maximum atomic E-state index is 10.9. The Bertz CT molecular complexity index is 458. The number of aryl methyl sites for hydroxylation is 1. The van der Waals surface area contributed by atoms with E-state index in [4.69, 9.17) is 4.74 Å². The smallest absolute Gasteiger partial charge is 0.311 e. The van der Waals surface area contributed by atoms with Crippen molar-refractivity contribution in [2.75, 3.05) is 19.7 Å². The summed E-state index contributed by atoms with van der Waals surface area (Å²) in [5.41, 5.74) is 1.69. The molecule has 19 heavy (non-hydrogen) atoms. The van der Waals surface area contributed by atoms with Crippen molar-refractivity contribution < 1.29 is 9.66 Å². The lowest BCUT2D eigenvalue weighted by molar-refractivity contribution is -0.385. The zero-order chi connectivity index (χ0) is 14.3. The number of nitro groups is 1. The van der Waals surface area contributed by atoms with Crippen molar-refractivity contribution in [1.82, 2.24) is 5.32 Å². The van der Waals surface area contributed by atoms with Gasteiger partial charge in [0.2, 0.25) is 0 Å². The predicted octanol–water partition coefficient (Wildman–Crippen LogP) is 2.84. The molecule has 0 spiro atoms. The first-order valence-electron chi connectivity index (χ1n) is 6.29. The first-order valence-corrected chi connectivity index (χ1v) is 6.29. The molecule has 0 saturated carbocycles. The van der Waals surface area contributed by atoms with E-state index in [2.05, 4.69) is 18.8 Å². The van der Waals surface area contributed by atoms with Gasteiger partial charge in [-0.05, 0) is 37.1 Å². The van der Waals surface area contributed by atoms with Gasteiger partial charge in [0.05, 0.1) is 4.92 Å². The van der Waals surface area contributed by atoms with Gasteiger partial charge in [-0.2, -0.15) is 0 Å².